The van der Waals surface area contributed by atoms with E-state index in [9.17, 15) is 19.7 Å². The fourth-order valence-corrected chi connectivity index (χ4v) is 3.38. The Bertz CT molecular complexity index is 1280. The maximum Gasteiger partial charge on any atom is 0.343 e. The Labute approximate surface area is 208 Å². The standard InChI is InChI=1S/C24H20BrN3O7/c1-15-7-9-17(10-8-15)24(30)35-23-18(25)11-16(12-21(23)33-2)13-26-27-22(29)14-34-20-6-4-3-5-19(20)28(31)32/h3-13H,14H2,1-2H3,(H,27,29)/b26-13-. The van der Waals surface area contributed by atoms with Gasteiger partial charge < -0.3 is 14.2 Å². The summed E-state index contributed by atoms with van der Waals surface area (Å²) in [5.41, 5.74) is 3.97. The lowest BCUT2D eigenvalue weighted by Crippen LogP contribution is -2.24. The lowest BCUT2D eigenvalue weighted by molar-refractivity contribution is -0.385. The molecule has 3 rings (SSSR count). The average molecular weight is 542 g/mol. The van der Waals surface area contributed by atoms with Crippen molar-refractivity contribution in [1.29, 1.82) is 0 Å². The van der Waals surface area contributed by atoms with Crippen LogP contribution in [0.25, 0.3) is 0 Å². The fraction of sp³-hybridized carbons (Fsp3) is 0.125. The van der Waals surface area contributed by atoms with Crippen LogP contribution in [-0.2, 0) is 4.79 Å². The third-order valence-electron chi connectivity index (χ3n) is 4.56. The molecule has 0 aliphatic carbocycles. The number of hydrogen-bond donors (Lipinski definition) is 1. The highest BCUT2D eigenvalue weighted by Gasteiger charge is 2.17. The van der Waals surface area contributed by atoms with Gasteiger partial charge in [-0.2, -0.15) is 5.10 Å². The minimum absolute atomic E-state index is 0.0268. The van der Waals surface area contributed by atoms with Crippen LogP contribution in [0.15, 0.2) is 70.2 Å². The number of halogens is 1. The Morgan fingerprint density at radius 2 is 1.83 bits per heavy atom. The molecular weight excluding hydrogens is 522 g/mol. The molecule has 1 N–H and O–H groups in total. The molecule has 0 spiro atoms. The summed E-state index contributed by atoms with van der Waals surface area (Å²) < 4.78 is 16.5. The highest BCUT2D eigenvalue weighted by atomic mass is 79.9. The van der Waals surface area contributed by atoms with E-state index in [-0.39, 0.29) is 22.9 Å². The molecule has 10 nitrogen and oxygen atoms in total. The summed E-state index contributed by atoms with van der Waals surface area (Å²) in [5, 5.41) is 14.9. The van der Waals surface area contributed by atoms with Gasteiger partial charge >= 0.3 is 11.7 Å². The van der Waals surface area contributed by atoms with E-state index < -0.39 is 23.4 Å². The third-order valence-corrected chi connectivity index (χ3v) is 5.15. The van der Waals surface area contributed by atoms with E-state index in [1.165, 1.54) is 31.5 Å². The number of carbonyl (C=O) groups excluding carboxylic acids is 2. The van der Waals surface area contributed by atoms with Crippen molar-refractivity contribution in [2.75, 3.05) is 13.7 Å². The summed E-state index contributed by atoms with van der Waals surface area (Å²) >= 11 is 3.36. The van der Waals surface area contributed by atoms with Crippen molar-refractivity contribution < 1.29 is 28.7 Å². The van der Waals surface area contributed by atoms with E-state index in [1.807, 2.05) is 19.1 Å². The molecular formula is C24H20BrN3O7. The Morgan fingerprint density at radius 3 is 2.51 bits per heavy atom. The highest BCUT2D eigenvalue weighted by molar-refractivity contribution is 9.10. The zero-order valence-electron chi connectivity index (χ0n) is 18.7. The van der Waals surface area contributed by atoms with Crippen LogP contribution in [0.1, 0.15) is 21.5 Å². The topological polar surface area (TPSA) is 129 Å². The van der Waals surface area contributed by atoms with Crippen LogP contribution < -0.4 is 19.6 Å². The van der Waals surface area contributed by atoms with Gasteiger partial charge in [-0.1, -0.05) is 29.8 Å². The molecule has 0 unspecified atom stereocenters. The van der Waals surface area contributed by atoms with Crippen molar-refractivity contribution in [3.63, 3.8) is 0 Å². The average Bonchev–Trinajstić information content (AvgIpc) is 2.84. The van der Waals surface area contributed by atoms with Crippen molar-refractivity contribution in [2.24, 2.45) is 5.10 Å². The number of nitro groups is 1. The number of benzene rings is 3. The molecule has 11 heteroatoms. The summed E-state index contributed by atoms with van der Waals surface area (Å²) in [5.74, 6) is -0.726. The normalized spacial score (nSPS) is 10.6. The lowest BCUT2D eigenvalue weighted by atomic mass is 10.1. The molecule has 1 amide bonds. The predicted molar refractivity (Wildman–Crippen MR) is 131 cm³/mol. The van der Waals surface area contributed by atoms with E-state index in [4.69, 9.17) is 14.2 Å². The molecule has 180 valence electrons. The molecule has 0 bridgehead atoms. The van der Waals surface area contributed by atoms with Crippen LogP contribution in [0, 0.1) is 17.0 Å². The molecule has 3 aromatic rings. The van der Waals surface area contributed by atoms with Crippen molar-refractivity contribution in [1.82, 2.24) is 5.43 Å². The van der Waals surface area contributed by atoms with E-state index in [2.05, 4.69) is 26.5 Å². The van der Waals surface area contributed by atoms with Gasteiger partial charge in [0.25, 0.3) is 5.91 Å². The zero-order valence-corrected chi connectivity index (χ0v) is 20.3. The monoisotopic (exact) mass is 541 g/mol. The van der Waals surface area contributed by atoms with Crippen LogP contribution >= 0.6 is 15.9 Å². The Kier molecular flexibility index (Phi) is 8.52. The van der Waals surface area contributed by atoms with Gasteiger partial charge in [0, 0.05) is 6.07 Å². The molecule has 0 aromatic heterocycles. The molecule has 0 atom stereocenters. The highest BCUT2D eigenvalue weighted by Crippen LogP contribution is 2.37. The second-order valence-corrected chi connectivity index (χ2v) is 7.95. The summed E-state index contributed by atoms with van der Waals surface area (Å²) in [6, 6.07) is 15.9. The Hall–Kier alpha value is -4.25. The number of hydrogen-bond acceptors (Lipinski definition) is 8. The van der Waals surface area contributed by atoms with Crippen LogP contribution in [0.3, 0.4) is 0 Å². The van der Waals surface area contributed by atoms with Gasteiger partial charge in [0.2, 0.25) is 0 Å². The van der Waals surface area contributed by atoms with E-state index in [1.54, 1.807) is 30.3 Å². The zero-order chi connectivity index (χ0) is 25.4. The first-order valence-electron chi connectivity index (χ1n) is 10.1. The van der Waals surface area contributed by atoms with Gasteiger partial charge in [-0.3, -0.25) is 14.9 Å². The SMILES string of the molecule is COc1cc(/C=N\NC(=O)COc2ccccc2[N+](=O)[O-])cc(Br)c1OC(=O)c1ccc(C)cc1. The van der Waals surface area contributed by atoms with Crippen molar-refractivity contribution in [2.45, 2.75) is 6.92 Å². The summed E-state index contributed by atoms with van der Waals surface area (Å²) in [6.45, 7) is 1.45. The molecule has 0 saturated carbocycles. The number of ether oxygens (including phenoxy) is 3. The molecule has 0 saturated heterocycles. The number of amides is 1. The van der Waals surface area contributed by atoms with Crippen molar-refractivity contribution in [3.05, 3.63) is 91.9 Å². The maximum absolute atomic E-state index is 12.5. The van der Waals surface area contributed by atoms with Crippen molar-refractivity contribution in [3.8, 4) is 17.2 Å². The number of methoxy groups -OCH3 is 1. The second-order valence-electron chi connectivity index (χ2n) is 7.10. The van der Waals surface area contributed by atoms with Crippen LogP contribution in [0.4, 0.5) is 5.69 Å². The number of nitrogens with zero attached hydrogens (tertiary/aromatic N) is 2. The van der Waals surface area contributed by atoms with Gasteiger partial charge in [0.1, 0.15) is 0 Å². The number of carbonyl (C=O) groups is 2. The minimum atomic E-state index is -0.617. The number of rotatable bonds is 9. The molecule has 0 aliphatic heterocycles. The summed E-state index contributed by atoms with van der Waals surface area (Å²) in [6.07, 6.45) is 1.35. The van der Waals surface area contributed by atoms with Gasteiger partial charge in [0.15, 0.2) is 23.9 Å². The number of nitrogens with one attached hydrogen (secondary N) is 1. The first kappa shape index (κ1) is 25.4. The molecule has 35 heavy (non-hydrogen) atoms. The quantitative estimate of drug-likeness (QED) is 0.139. The second kappa shape index (κ2) is 11.7. The number of hydrazone groups is 1. The third kappa shape index (κ3) is 6.87. The van der Waals surface area contributed by atoms with Gasteiger partial charge in [-0.05, 0) is 58.7 Å². The molecule has 0 fully saturated rings. The lowest BCUT2D eigenvalue weighted by Gasteiger charge is -2.12. The smallest absolute Gasteiger partial charge is 0.343 e. The van der Waals surface area contributed by atoms with E-state index in [0.29, 0.717) is 15.6 Å². The summed E-state index contributed by atoms with van der Waals surface area (Å²) in [4.78, 5) is 34.9. The predicted octanol–water partition coefficient (Wildman–Crippen LogP) is 4.42. The first-order valence-corrected chi connectivity index (χ1v) is 10.9. The first-order chi connectivity index (χ1) is 16.8. The van der Waals surface area contributed by atoms with Gasteiger partial charge in [0.05, 0.1) is 28.3 Å². The number of nitro benzene ring substituents is 1. The molecule has 0 heterocycles. The van der Waals surface area contributed by atoms with E-state index >= 15 is 0 Å². The minimum Gasteiger partial charge on any atom is -0.493 e. The molecule has 3 aromatic carbocycles. The van der Waals surface area contributed by atoms with Gasteiger partial charge in [-0.25, -0.2) is 10.2 Å². The number of aryl methyl sites for hydroxylation is 1. The number of esters is 1. The largest absolute Gasteiger partial charge is 0.493 e. The maximum atomic E-state index is 12.5. The molecule has 0 radical (unpaired) electrons. The van der Waals surface area contributed by atoms with Crippen LogP contribution in [-0.4, -0.2) is 36.7 Å². The fourth-order valence-electron chi connectivity index (χ4n) is 2.84. The molecule has 0 aliphatic rings. The van der Waals surface area contributed by atoms with Crippen LogP contribution in [0.5, 0.6) is 17.2 Å². The Morgan fingerprint density at radius 1 is 1.11 bits per heavy atom. The van der Waals surface area contributed by atoms with Crippen LogP contribution in [0.2, 0.25) is 0 Å². The summed E-state index contributed by atoms with van der Waals surface area (Å²) in [7, 11) is 1.42. The Balaban J connectivity index is 1.63. The van der Waals surface area contributed by atoms with Crippen molar-refractivity contribution >= 4 is 39.7 Å². The van der Waals surface area contributed by atoms with Gasteiger partial charge in [-0.15, -0.1) is 0 Å². The van der Waals surface area contributed by atoms with E-state index in [0.717, 1.165) is 5.56 Å². The number of para-hydroxylation sites is 2.